The molecule has 0 radical (unpaired) electrons. The molecule has 0 atom stereocenters. The normalized spacial score (nSPS) is 9.93. The first kappa shape index (κ1) is 10.9. The van der Waals surface area contributed by atoms with Crippen LogP contribution in [0.3, 0.4) is 0 Å². The van der Waals surface area contributed by atoms with Gasteiger partial charge in [-0.25, -0.2) is 4.79 Å². The van der Waals surface area contributed by atoms with Gasteiger partial charge < -0.3 is 20.1 Å². The molecule has 0 saturated carbocycles. The maximum atomic E-state index is 11.2. The van der Waals surface area contributed by atoms with E-state index in [0.717, 1.165) is 0 Å². The second-order valence-corrected chi connectivity index (χ2v) is 2.60. The summed E-state index contributed by atoms with van der Waals surface area (Å²) in [6.45, 7) is 1.52. The molecule has 0 aliphatic heterocycles. The highest BCUT2D eigenvalue weighted by Gasteiger charge is 2.23. The number of carbonyl (C=O) groups is 1. The van der Waals surface area contributed by atoms with Gasteiger partial charge in [0.05, 0.1) is 6.61 Å². The van der Waals surface area contributed by atoms with Gasteiger partial charge in [0.15, 0.2) is 17.1 Å². The summed E-state index contributed by atoms with van der Waals surface area (Å²) in [6, 6.07) is 0. The Morgan fingerprint density at radius 1 is 1.33 bits per heavy atom. The molecule has 15 heavy (non-hydrogen) atoms. The van der Waals surface area contributed by atoms with Crippen molar-refractivity contribution in [2.24, 2.45) is 0 Å². The highest BCUT2D eigenvalue weighted by Crippen LogP contribution is 2.30. The Morgan fingerprint density at radius 3 is 2.47 bits per heavy atom. The van der Waals surface area contributed by atoms with Crippen molar-refractivity contribution in [2.45, 2.75) is 6.92 Å². The molecule has 0 saturated heterocycles. The molecular formula is C8H9NO6. The Kier molecular flexibility index (Phi) is 2.84. The molecule has 0 aromatic carbocycles. The number of esters is 1. The smallest absolute Gasteiger partial charge is 0.346 e. The lowest BCUT2D eigenvalue weighted by Gasteiger charge is -2.06. The Bertz CT molecular complexity index is 449. The van der Waals surface area contributed by atoms with E-state index in [2.05, 4.69) is 4.74 Å². The molecular weight excluding hydrogens is 206 g/mol. The third-order valence-electron chi connectivity index (χ3n) is 1.62. The van der Waals surface area contributed by atoms with E-state index in [1.54, 1.807) is 4.98 Å². The highest BCUT2D eigenvalue weighted by atomic mass is 16.5. The molecule has 4 N–H and O–H groups in total. The first-order valence-electron chi connectivity index (χ1n) is 4.03. The van der Waals surface area contributed by atoms with Crippen LogP contribution in [0.5, 0.6) is 17.4 Å². The molecule has 0 fully saturated rings. The largest absolute Gasteiger partial charge is 0.502 e. The van der Waals surface area contributed by atoms with E-state index in [1.165, 1.54) is 6.92 Å². The van der Waals surface area contributed by atoms with Crippen LogP contribution in [-0.2, 0) is 4.74 Å². The van der Waals surface area contributed by atoms with Crippen molar-refractivity contribution in [2.75, 3.05) is 6.61 Å². The zero-order valence-corrected chi connectivity index (χ0v) is 7.77. The maximum absolute atomic E-state index is 11.2. The standard InChI is InChI=1S/C8H9NO6/c1-2-15-8(14)3-4(10)6(12)9-7(13)5(3)11/h10-11H,2H2,1H3,(H2,9,12,13). The number of rotatable bonds is 2. The van der Waals surface area contributed by atoms with E-state index in [4.69, 9.17) is 5.11 Å². The van der Waals surface area contributed by atoms with Crippen molar-refractivity contribution in [1.82, 2.24) is 4.98 Å². The number of aromatic nitrogens is 1. The molecule has 1 aromatic heterocycles. The number of aromatic hydroxyl groups is 3. The second-order valence-electron chi connectivity index (χ2n) is 2.60. The summed E-state index contributed by atoms with van der Waals surface area (Å²) in [5, 5.41) is 27.4. The lowest BCUT2D eigenvalue weighted by atomic mass is 10.2. The van der Waals surface area contributed by atoms with E-state index < -0.39 is 34.5 Å². The van der Waals surface area contributed by atoms with Crippen LogP contribution in [0.15, 0.2) is 4.79 Å². The van der Waals surface area contributed by atoms with Gasteiger partial charge >= 0.3 is 5.97 Å². The molecule has 0 bridgehead atoms. The number of nitrogens with one attached hydrogen (secondary N) is 1. The topological polar surface area (TPSA) is 120 Å². The van der Waals surface area contributed by atoms with Crippen molar-refractivity contribution >= 4 is 5.97 Å². The molecule has 0 amide bonds. The van der Waals surface area contributed by atoms with Crippen molar-refractivity contribution in [3.63, 3.8) is 0 Å². The predicted octanol–water partition coefficient (Wildman–Crippen LogP) is -0.332. The molecule has 7 heteroatoms. The fraction of sp³-hybridized carbons (Fsp3) is 0.250. The van der Waals surface area contributed by atoms with E-state index in [9.17, 15) is 19.8 Å². The number of aromatic amines is 1. The SMILES string of the molecule is CCOC(=O)c1c(O)c(O)[nH]c(=O)c1O. The summed E-state index contributed by atoms with van der Waals surface area (Å²) in [7, 11) is 0. The first-order valence-corrected chi connectivity index (χ1v) is 4.03. The zero-order valence-electron chi connectivity index (χ0n) is 7.77. The van der Waals surface area contributed by atoms with E-state index in [1.807, 2.05) is 0 Å². The molecule has 0 spiro atoms. The third-order valence-corrected chi connectivity index (χ3v) is 1.62. The van der Waals surface area contributed by atoms with Gasteiger partial charge in [0.25, 0.3) is 5.56 Å². The second kappa shape index (κ2) is 3.91. The molecule has 1 rings (SSSR count). The van der Waals surface area contributed by atoms with Crippen LogP contribution in [-0.4, -0.2) is 32.9 Å². The monoisotopic (exact) mass is 215 g/mol. The van der Waals surface area contributed by atoms with E-state index >= 15 is 0 Å². The zero-order chi connectivity index (χ0) is 11.6. The molecule has 1 aromatic rings. The van der Waals surface area contributed by atoms with Crippen LogP contribution in [0.1, 0.15) is 17.3 Å². The number of carbonyl (C=O) groups excluding carboxylic acids is 1. The van der Waals surface area contributed by atoms with Gasteiger partial charge in [0.1, 0.15) is 0 Å². The van der Waals surface area contributed by atoms with Crippen molar-refractivity contribution in [1.29, 1.82) is 0 Å². The molecule has 82 valence electrons. The summed E-state index contributed by atoms with van der Waals surface area (Å²) < 4.78 is 4.48. The molecule has 7 nitrogen and oxygen atoms in total. The van der Waals surface area contributed by atoms with Crippen LogP contribution in [0.25, 0.3) is 0 Å². The van der Waals surface area contributed by atoms with Crippen LogP contribution in [0.4, 0.5) is 0 Å². The quantitative estimate of drug-likeness (QED) is 0.501. The Hall–Kier alpha value is -2.18. The summed E-state index contributed by atoms with van der Waals surface area (Å²) in [4.78, 5) is 23.9. The summed E-state index contributed by atoms with van der Waals surface area (Å²) in [5.74, 6) is -3.91. The van der Waals surface area contributed by atoms with Crippen molar-refractivity contribution in [3.05, 3.63) is 15.9 Å². The minimum atomic E-state index is -1.09. The van der Waals surface area contributed by atoms with E-state index in [0.29, 0.717) is 0 Å². The maximum Gasteiger partial charge on any atom is 0.346 e. The Morgan fingerprint density at radius 2 is 1.93 bits per heavy atom. The predicted molar refractivity (Wildman–Crippen MR) is 48.0 cm³/mol. The number of pyridine rings is 1. The van der Waals surface area contributed by atoms with Gasteiger partial charge in [-0.1, -0.05) is 0 Å². The van der Waals surface area contributed by atoms with E-state index in [-0.39, 0.29) is 6.61 Å². The average molecular weight is 215 g/mol. The Labute approximate surface area is 83.6 Å². The van der Waals surface area contributed by atoms with Gasteiger partial charge in [-0.05, 0) is 6.92 Å². The molecule has 0 unspecified atom stereocenters. The molecule has 0 aliphatic carbocycles. The van der Waals surface area contributed by atoms with Crippen molar-refractivity contribution in [3.8, 4) is 17.4 Å². The van der Waals surface area contributed by atoms with Crippen molar-refractivity contribution < 1.29 is 24.9 Å². The first-order chi connectivity index (χ1) is 6.99. The lowest BCUT2D eigenvalue weighted by molar-refractivity contribution is 0.0518. The summed E-state index contributed by atoms with van der Waals surface area (Å²) >= 11 is 0. The summed E-state index contributed by atoms with van der Waals surface area (Å²) in [6.07, 6.45) is 0. The highest BCUT2D eigenvalue weighted by molar-refractivity contribution is 5.95. The molecule has 0 aliphatic rings. The van der Waals surface area contributed by atoms with Gasteiger partial charge in [-0.15, -0.1) is 0 Å². The van der Waals surface area contributed by atoms with Crippen LogP contribution in [0, 0.1) is 0 Å². The Balaban J connectivity index is 3.39. The van der Waals surface area contributed by atoms with Gasteiger partial charge in [-0.2, -0.15) is 0 Å². The van der Waals surface area contributed by atoms with Crippen LogP contribution < -0.4 is 5.56 Å². The fourth-order valence-corrected chi connectivity index (χ4v) is 0.967. The van der Waals surface area contributed by atoms with Gasteiger partial charge in [-0.3, -0.25) is 9.78 Å². The van der Waals surface area contributed by atoms with Gasteiger partial charge in [0.2, 0.25) is 5.88 Å². The minimum Gasteiger partial charge on any atom is -0.502 e. The van der Waals surface area contributed by atoms with Gasteiger partial charge in [0, 0.05) is 0 Å². The van der Waals surface area contributed by atoms with Crippen LogP contribution >= 0.6 is 0 Å². The minimum absolute atomic E-state index is 0.00523. The lowest BCUT2D eigenvalue weighted by Crippen LogP contribution is -2.13. The number of H-pyrrole nitrogens is 1. The summed E-state index contributed by atoms with van der Waals surface area (Å²) in [5.41, 5.74) is -1.84. The number of hydrogen-bond acceptors (Lipinski definition) is 6. The fourth-order valence-electron chi connectivity index (χ4n) is 0.967. The third kappa shape index (κ3) is 1.85. The number of hydrogen-bond donors (Lipinski definition) is 4. The molecule has 1 heterocycles. The van der Waals surface area contributed by atoms with Crippen LogP contribution in [0.2, 0.25) is 0 Å². The average Bonchev–Trinajstić information content (AvgIpc) is 2.16. The number of ether oxygens (including phenoxy) is 1.